The molecule has 2 heterocycles. The Morgan fingerprint density at radius 3 is 2.57 bits per heavy atom. The van der Waals surface area contributed by atoms with Crippen molar-refractivity contribution in [3.63, 3.8) is 0 Å². The molecule has 1 aromatic carbocycles. The lowest BCUT2D eigenvalue weighted by molar-refractivity contribution is -0.119. The van der Waals surface area contributed by atoms with Crippen LogP contribution in [0.4, 0.5) is 5.82 Å². The molecule has 0 atom stereocenters. The average Bonchev–Trinajstić information content (AvgIpc) is 3.28. The van der Waals surface area contributed by atoms with E-state index in [9.17, 15) is 19.2 Å². The van der Waals surface area contributed by atoms with Crippen LogP contribution in [0.5, 0.6) is 0 Å². The number of carbonyl (C=O) groups excluding carboxylic acids is 4. The van der Waals surface area contributed by atoms with E-state index >= 15 is 0 Å². The molecular formula is C21H24N4O5. The fourth-order valence-electron chi connectivity index (χ4n) is 3.16. The molecule has 2 aromatic rings. The predicted molar refractivity (Wildman–Crippen MR) is 108 cm³/mol. The number of hydrogen-bond acceptors (Lipinski definition) is 6. The Morgan fingerprint density at radius 1 is 1.13 bits per heavy atom. The van der Waals surface area contributed by atoms with Crippen molar-refractivity contribution in [2.24, 2.45) is 0 Å². The monoisotopic (exact) mass is 412 g/mol. The van der Waals surface area contributed by atoms with Crippen LogP contribution in [0.1, 0.15) is 70.7 Å². The fraction of sp³-hybridized carbons (Fsp3) is 0.381. The van der Waals surface area contributed by atoms with E-state index in [-0.39, 0.29) is 28.6 Å². The SMILES string of the molecule is CCCCN1C(=O)c2ccc(C(=O)OCC(=O)Nc3ccnn3C(C)C)cc2C1=O. The van der Waals surface area contributed by atoms with Crippen LogP contribution in [0.2, 0.25) is 0 Å². The van der Waals surface area contributed by atoms with Crippen LogP contribution < -0.4 is 5.32 Å². The largest absolute Gasteiger partial charge is 0.452 e. The fourth-order valence-corrected chi connectivity index (χ4v) is 3.16. The van der Waals surface area contributed by atoms with Gasteiger partial charge in [0.2, 0.25) is 0 Å². The van der Waals surface area contributed by atoms with Gasteiger partial charge in [0.25, 0.3) is 17.7 Å². The standard InChI is InChI=1S/C21H24N4O5/c1-4-5-10-24-19(27)15-7-6-14(11-16(15)20(24)28)21(29)30-12-18(26)23-17-8-9-22-25(17)13(2)3/h6-9,11,13H,4-5,10,12H2,1-3H3,(H,23,26). The molecule has 1 aliphatic rings. The summed E-state index contributed by atoms with van der Waals surface area (Å²) in [5.41, 5.74) is 0.551. The molecule has 0 radical (unpaired) electrons. The lowest BCUT2D eigenvalue weighted by Gasteiger charge is -2.12. The molecule has 3 amide bonds. The van der Waals surface area contributed by atoms with Crippen molar-refractivity contribution in [2.75, 3.05) is 18.5 Å². The minimum Gasteiger partial charge on any atom is -0.452 e. The van der Waals surface area contributed by atoms with Gasteiger partial charge in [-0.1, -0.05) is 13.3 Å². The first-order chi connectivity index (χ1) is 14.3. The average molecular weight is 412 g/mol. The first kappa shape index (κ1) is 21.2. The molecule has 30 heavy (non-hydrogen) atoms. The van der Waals surface area contributed by atoms with Gasteiger partial charge in [-0.2, -0.15) is 5.10 Å². The Labute approximate surface area is 174 Å². The summed E-state index contributed by atoms with van der Waals surface area (Å²) in [6.07, 6.45) is 3.13. The molecule has 1 aliphatic heterocycles. The number of imide groups is 1. The summed E-state index contributed by atoms with van der Waals surface area (Å²) in [5.74, 6) is -1.54. The summed E-state index contributed by atoms with van der Waals surface area (Å²) >= 11 is 0. The van der Waals surface area contributed by atoms with E-state index in [0.29, 0.717) is 18.8 Å². The maximum Gasteiger partial charge on any atom is 0.338 e. The van der Waals surface area contributed by atoms with Gasteiger partial charge in [0.15, 0.2) is 6.61 Å². The number of carbonyl (C=O) groups is 4. The molecule has 0 bridgehead atoms. The van der Waals surface area contributed by atoms with Crippen LogP contribution in [0.3, 0.4) is 0 Å². The van der Waals surface area contributed by atoms with Crippen molar-refractivity contribution < 1.29 is 23.9 Å². The van der Waals surface area contributed by atoms with Crippen LogP contribution in [0.25, 0.3) is 0 Å². The lowest BCUT2D eigenvalue weighted by Crippen LogP contribution is -2.30. The summed E-state index contributed by atoms with van der Waals surface area (Å²) in [6.45, 7) is 5.67. The third kappa shape index (κ3) is 4.24. The molecule has 1 aromatic heterocycles. The van der Waals surface area contributed by atoms with Gasteiger partial charge in [0.05, 0.1) is 22.9 Å². The van der Waals surface area contributed by atoms with Crippen molar-refractivity contribution in [3.05, 3.63) is 47.2 Å². The molecule has 0 spiro atoms. The highest BCUT2D eigenvalue weighted by Crippen LogP contribution is 2.24. The van der Waals surface area contributed by atoms with E-state index in [1.165, 1.54) is 23.1 Å². The quantitative estimate of drug-likeness (QED) is 0.527. The molecule has 0 aliphatic carbocycles. The van der Waals surface area contributed by atoms with Gasteiger partial charge in [-0.25, -0.2) is 9.48 Å². The van der Waals surface area contributed by atoms with Gasteiger partial charge in [-0.15, -0.1) is 0 Å². The summed E-state index contributed by atoms with van der Waals surface area (Å²) in [6, 6.07) is 5.91. The number of nitrogens with zero attached hydrogens (tertiary/aromatic N) is 3. The smallest absolute Gasteiger partial charge is 0.338 e. The van der Waals surface area contributed by atoms with Crippen LogP contribution in [-0.2, 0) is 9.53 Å². The second kappa shape index (κ2) is 8.89. The Morgan fingerprint density at radius 2 is 1.87 bits per heavy atom. The van der Waals surface area contributed by atoms with E-state index < -0.39 is 24.4 Å². The molecule has 1 N–H and O–H groups in total. The number of hydrogen-bond donors (Lipinski definition) is 1. The van der Waals surface area contributed by atoms with Crippen molar-refractivity contribution in [3.8, 4) is 0 Å². The summed E-state index contributed by atoms with van der Waals surface area (Å²) in [5, 5.41) is 6.75. The number of nitrogens with one attached hydrogen (secondary N) is 1. The zero-order valence-electron chi connectivity index (χ0n) is 17.2. The second-order valence-corrected chi connectivity index (χ2v) is 7.25. The van der Waals surface area contributed by atoms with Crippen molar-refractivity contribution in [2.45, 2.75) is 39.7 Å². The summed E-state index contributed by atoms with van der Waals surface area (Å²) in [7, 11) is 0. The number of amides is 3. The maximum atomic E-state index is 12.5. The third-order valence-corrected chi connectivity index (χ3v) is 4.70. The van der Waals surface area contributed by atoms with E-state index in [4.69, 9.17) is 4.74 Å². The Hall–Kier alpha value is -3.49. The van der Waals surface area contributed by atoms with Gasteiger partial charge >= 0.3 is 5.97 Å². The van der Waals surface area contributed by atoms with Gasteiger partial charge in [0.1, 0.15) is 5.82 Å². The number of rotatable bonds is 8. The van der Waals surface area contributed by atoms with Gasteiger partial charge < -0.3 is 10.1 Å². The van der Waals surface area contributed by atoms with Crippen LogP contribution in [0, 0.1) is 0 Å². The number of aromatic nitrogens is 2. The minimum atomic E-state index is -0.752. The molecule has 9 heteroatoms. The van der Waals surface area contributed by atoms with E-state index in [2.05, 4.69) is 10.4 Å². The first-order valence-electron chi connectivity index (χ1n) is 9.84. The normalized spacial score (nSPS) is 13.0. The van der Waals surface area contributed by atoms with Gasteiger partial charge in [-0.05, 0) is 38.5 Å². The Balaban J connectivity index is 1.63. The molecule has 0 saturated heterocycles. The molecule has 3 rings (SSSR count). The number of esters is 1. The topological polar surface area (TPSA) is 111 Å². The van der Waals surface area contributed by atoms with E-state index in [1.807, 2.05) is 20.8 Å². The predicted octanol–water partition coefficient (Wildman–Crippen LogP) is 2.66. The maximum absolute atomic E-state index is 12.5. The summed E-state index contributed by atoms with van der Waals surface area (Å²) < 4.78 is 6.69. The van der Waals surface area contributed by atoms with Crippen LogP contribution in [-0.4, -0.2) is 51.5 Å². The first-order valence-corrected chi connectivity index (χ1v) is 9.84. The second-order valence-electron chi connectivity index (χ2n) is 7.25. The number of anilines is 1. The molecule has 0 saturated carbocycles. The summed E-state index contributed by atoms with van der Waals surface area (Å²) in [4.78, 5) is 50.5. The van der Waals surface area contributed by atoms with Crippen LogP contribution in [0.15, 0.2) is 30.5 Å². The van der Waals surface area contributed by atoms with Gasteiger partial charge in [-0.3, -0.25) is 19.3 Å². The van der Waals surface area contributed by atoms with Crippen LogP contribution >= 0.6 is 0 Å². The number of benzene rings is 1. The number of ether oxygens (including phenoxy) is 1. The van der Waals surface area contributed by atoms with E-state index in [0.717, 1.165) is 6.42 Å². The van der Waals surface area contributed by atoms with Crippen molar-refractivity contribution in [1.29, 1.82) is 0 Å². The molecule has 9 nitrogen and oxygen atoms in total. The van der Waals surface area contributed by atoms with Crippen molar-refractivity contribution in [1.82, 2.24) is 14.7 Å². The Kier molecular flexibility index (Phi) is 6.29. The minimum absolute atomic E-state index is 0.0569. The molecule has 158 valence electrons. The number of unbranched alkanes of at least 4 members (excludes halogenated alkanes) is 1. The lowest BCUT2D eigenvalue weighted by atomic mass is 10.1. The number of fused-ring (bicyclic) bond motifs is 1. The molecular weight excluding hydrogens is 388 g/mol. The molecule has 0 fully saturated rings. The zero-order valence-corrected chi connectivity index (χ0v) is 17.2. The van der Waals surface area contributed by atoms with E-state index in [1.54, 1.807) is 16.9 Å². The highest BCUT2D eigenvalue weighted by molar-refractivity contribution is 6.22. The van der Waals surface area contributed by atoms with Crippen molar-refractivity contribution >= 4 is 29.5 Å². The zero-order chi connectivity index (χ0) is 21.8. The van der Waals surface area contributed by atoms with Gasteiger partial charge in [0, 0.05) is 18.7 Å². The highest BCUT2D eigenvalue weighted by Gasteiger charge is 2.35. The highest BCUT2D eigenvalue weighted by atomic mass is 16.5. The Bertz CT molecular complexity index is 995. The molecule has 0 unspecified atom stereocenters. The third-order valence-electron chi connectivity index (χ3n) is 4.70.